The minimum absolute atomic E-state index is 0.0384. The van der Waals surface area contributed by atoms with Crippen LogP contribution in [0.4, 0.5) is 42.0 Å². The summed E-state index contributed by atoms with van der Waals surface area (Å²) in [5, 5.41) is 5.66. The molecule has 4 rings (SSSR count). The van der Waals surface area contributed by atoms with Gasteiger partial charge in [-0.05, 0) is 65.7 Å². The zero-order chi connectivity index (χ0) is 25.8. The van der Waals surface area contributed by atoms with Crippen LogP contribution >= 0.6 is 15.9 Å². The van der Waals surface area contributed by atoms with Crippen LogP contribution in [0.15, 0.2) is 58.0 Å². The van der Waals surface area contributed by atoms with E-state index in [4.69, 9.17) is 0 Å². The van der Waals surface area contributed by atoms with Crippen molar-refractivity contribution in [2.45, 2.75) is 29.7 Å². The summed E-state index contributed by atoms with van der Waals surface area (Å²) in [6.45, 7) is 3.65. The number of rotatable bonds is 5. The number of carbonyl (C=O) groups excluding carboxylic acids is 1. The summed E-state index contributed by atoms with van der Waals surface area (Å²) in [6, 6.07) is 10.0. The average molecular weight is 570 g/mol. The molecule has 1 aliphatic heterocycles. The van der Waals surface area contributed by atoms with E-state index in [1.807, 2.05) is 13.8 Å². The van der Waals surface area contributed by atoms with Gasteiger partial charge in [0.2, 0.25) is 11.9 Å². The number of amides is 1. The van der Waals surface area contributed by atoms with Crippen molar-refractivity contribution in [1.82, 2.24) is 9.97 Å². The van der Waals surface area contributed by atoms with Crippen LogP contribution in [0, 0.1) is 0 Å². The highest BCUT2D eigenvalue weighted by atomic mass is 79.9. The molecule has 1 aromatic heterocycles. The SMILES string of the molecule is CN1C(=O)C(C)(C)c2cc(Nc3ncc(Br)c(Nc4ccccc4S(=O)(=O)C(F)(F)F)n3)ccc21. The van der Waals surface area contributed by atoms with Gasteiger partial charge in [-0.1, -0.05) is 12.1 Å². The number of aromatic nitrogens is 2. The molecule has 0 spiro atoms. The highest BCUT2D eigenvalue weighted by Gasteiger charge is 2.48. The van der Waals surface area contributed by atoms with Gasteiger partial charge in [0.05, 0.1) is 20.5 Å². The van der Waals surface area contributed by atoms with Crippen LogP contribution < -0.4 is 15.5 Å². The topological polar surface area (TPSA) is 104 Å². The molecule has 2 aromatic carbocycles. The zero-order valence-corrected chi connectivity index (χ0v) is 21.0. The molecule has 1 aliphatic rings. The number of alkyl halides is 3. The maximum atomic E-state index is 13.1. The second kappa shape index (κ2) is 8.48. The van der Waals surface area contributed by atoms with Gasteiger partial charge in [0.1, 0.15) is 5.82 Å². The number of sulfone groups is 1. The summed E-state index contributed by atoms with van der Waals surface area (Å²) in [5.74, 6) is 0.106. The number of hydrogen-bond donors (Lipinski definition) is 2. The van der Waals surface area contributed by atoms with E-state index >= 15 is 0 Å². The lowest BCUT2D eigenvalue weighted by Crippen LogP contribution is -2.33. The fourth-order valence-electron chi connectivity index (χ4n) is 3.75. The van der Waals surface area contributed by atoms with Crippen molar-refractivity contribution in [3.8, 4) is 0 Å². The van der Waals surface area contributed by atoms with Crippen molar-refractivity contribution in [2.24, 2.45) is 0 Å². The molecule has 0 atom stereocenters. The monoisotopic (exact) mass is 569 g/mol. The van der Waals surface area contributed by atoms with Gasteiger partial charge >= 0.3 is 5.51 Å². The molecule has 0 saturated heterocycles. The molecule has 0 fully saturated rings. The smallest absolute Gasteiger partial charge is 0.338 e. The molecule has 0 radical (unpaired) electrons. The Morgan fingerprint density at radius 1 is 1.09 bits per heavy atom. The first-order chi connectivity index (χ1) is 16.2. The average Bonchev–Trinajstić information content (AvgIpc) is 2.95. The molecule has 0 aliphatic carbocycles. The zero-order valence-electron chi connectivity index (χ0n) is 18.6. The predicted octanol–water partition coefficient (Wildman–Crippen LogP) is 5.27. The normalized spacial score (nSPS) is 15.2. The number of para-hydroxylation sites is 1. The summed E-state index contributed by atoms with van der Waals surface area (Å²) in [6.07, 6.45) is 1.37. The van der Waals surface area contributed by atoms with E-state index in [1.165, 1.54) is 24.4 Å². The quantitative estimate of drug-likeness (QED) is 0.431. The number of halogens is 4. The molecular weight excluding hydrogens is 551 g/mol. The standard InChI is InChI=1S/C22H19BrF3N5O3S/c1-21(2)13-10-12(8-9-16(13)31(3)19(21)32)28-20-27-11-14(23)18(30-20)29-15-6-4-5-7-17(15)35(33,34)22(24,25)26/h4-11H,1-3H3,(H2,27,28,29,30). The number of fused-ring (bicyclic) bond motifs is 1. The Balaban J connectivity index is 1.66. The third-order valence-electron chi connectivity index (χ3n) is 5.61. The number of benzene rings is 2. The van der Waals surface area contributed by atoms with Gasteiger partial charge < -0.3 is 15.5 Å². The van der Waals surface area contributed by atoms with Crippen LogP contribution in [-0.4, -0.2) is 36.8 Å². The number of nitrogens with zero attached hydrogens (tertiary/aromatic N) is 3. The molecular formula is C22H19BrF3N5O3S. The molecule has 3 aromatic rings. The van der Waals surface area contributed by atoms with Gasteiger partial charge in [-0.2, -0.15) is 18.2 Å². The van der Waals surface area contributed by atoms with Gasteiger partial charge in [-0.3, -0.25) is 4.79 Å². The molecule has 0 unspecified atom stereocenters. The Morgan fingerprint density at radius 3 is 2.46 bits per heavy atom. The first-order valence-electron chi connectivity index (χ1n) is 10.1. The number of hydrogen-bond acceptors (Lipinski definition) is 7. The lowest BCUT2D eigenvalue weighted by atomic mass is 9.86. The molecule has 2 heterocycles. The molecule has 0 saturated carbocycles. The maximum Gasteiger partial charge on any atom is 0.501 e. The lowest BCUT2D eigenvalue weighted by molar-refractivity contribution is -0.121. The van der Waals surface area contributed by atoms with E-state index in [-0.39, 0.29) is 23.4 Å². The van der Waals surface area contributed by atoms with E-state index < -0.39 is 25.7 Å². The molecule has 35 heavy (non-hydrogen) atoms. The third-order valence-corrected chi connectivity index (χ3v) is 7.73. The number of carbonyl (C=O) groups is 1. The van der Waals surface area contributed by atoms with E-state index in [0.29, 0.717) is 10.2 Å². The van der Waals surface area contributed by atoms with Crippen molar-refractivity contribution in [3.05, 3.63) is 58.7 Å². The van der Waals surface area contributed by atoms with Crippen LogP contribution in [0.1, 0.15) is 19.4 Å². The molecule has 0 bridgehead atoms. The molecule has 184 valence electrons. The second-order valence-electron chi connectivity index (χ2n) is 8.31. The minimum atomic E-state index is -5.59. The highest BCUT2D eigenvalue weighted by molar-refractivity contribution is 9.10. The molecule has 1 amide bonds. The maximum absolute atomic E-state index is 13.1. The lowest BCUT2D eigenvalue weighted by Gasteiger charge is -2.17. The number of anilines is 5. The minimum Gasteiger partial charge on any atom is -0.338 e. The van der Waals surface area contributed by atoms with E-state index in [1.54, 1.807) is 30.1 Å². The van der Waals surface area contributed by atoms with Crippen LogP contribution in [0.5, 0.6) is 0 Å². The Morgan fingerprint density at radius 2 is 1.77 bits per heavy atom. The summed E-state index contributed by atoms with van der Waals surface area (Å²) >= 11 is 3.23. The van der Waals surface area contributed by atoms with Crippen LogP contribution in [-0.2, 0) is 20.0 Å². The van der Waals surface area contributed by atoms with Gasteiger partial charge in [-0.15, -0.1) is 0 Å². The molecule has 2 N–H and O–H groups in total. The number of nitrogens with one attached hydrogen (secondary N) is 2. The summed E-state index contributed by atoms with van der Waals surface area (Å²) < 4.78 is 63.7. The first kappa shape index (κ1) is 24.9. The third kappa shape index (κ3) is 4.33. The van der Waals surface area contributed by atoms with Crippen molar-refractivity contribution >= 4 is 60.5 Å². The molecule has 13 heteroatoms. The van der Waals surface area contributed by atoms with Gasteiger partial charge in [0.15, 0.2) is 0 Å². The van der Waals surface area contributed by atoms with Gasteiger partial charge in [0.25, 0.3) is 9.84 Å². The Bertz CT molecular complexity index is 1440. The summed E-state index contributed by atoms with van der Waals surface area (Å²) in [7, 11) is -3.89. The van der Waals surface area contributed by atoms with Crippen molar-refractivity contribution in [1.29, 1.82) is 0 Å². The Hall–Kier alpha value is -3.19. The van der Waals surface area contributed by atoms with E-state index in [9.17, 15) is 26.4 Å². The first-order valence-corrected chi connectivity index (χ1v) is 12.4. The summed E-state index contributed by atoms with van der Waals surface area (Å²) in [5.41, 5.74) is -4.28. The summed E-state index contributed by atoms with van der Waals surface area (Å²) in [4.78, 5) is 21.6. The van der Waals surface area contributed by atoms with Crippen LogP contribution in [0.25, 0.3) is 0 Å². The van der Waals surface area contributed by atoms with Gasteiger partial charge in [-0.25, -0.2) is 13.4 Å². The fourth-order valence-corrected chi connectivity index (χ4v) is 4.96. The Kier molecular flexibility index (Phi) is 6.04. The number of likely N-dealkylation sites (N-methyl/N-ethyl adjacent to an activating group) is 1. The largest absolute Gasteiger partial charge is 0.501 e. The van der Waals surface area contributed by atoms with E-state index in [2.05, 4.69) is 36.5 Å². The van der Waals surface area contributed by atoms with Crippen LogP contribution in [0.3, 0.4) is 0 Å². The predicted molar refractivity (Wildman–Crippen MR) is 129 cm³/mol. The Labute approximate surface area is 207 Å². The van der Waals surface area contributed by atoms with Gasteiger partial charge in [0, 0.05) is 24.6 Å². The highest BCUT2D eigenvalue weighted by Crippen LogP contribution is 2.42. The van der Waals surface area contributed by atoms with E-state index in [0.717, 1.165) is 17.3 Å². The van der Waals surface area contributed by atoms with Crippen LogP contribution in [0.2, 0.25) is 0 Å². The molecule has 8 nitrogen and oxygen atoms in total. The fraction of sp³-hybridized carbons (Fsp3) is 0.227. The van der Waals surface area contributed by atoms with Crippen molar-refractivity contribution in [3.63, 3.8) is 0 Å². The second-order valence-corrected chi connectivity index (χ2v) is 11.1. The van der Waals surface area contributed by atoms with Crippen molar-refractivity contribution < 1.29 is 26.4 Å². The van der Waals surface area contributed by atoms with Crippen molar-refractivity contribution in [2.75, 3.05) is 22.6 Å².